The van der Waals surface area contributed by atoms with Gasteiger partial charge in [0.1, 0.15) is 11.0 Å². The molecule has 0 saturated heterocycles. The van der Waals surface area contributed by atoms with Gasteiger partial charge in [0.25, 0.3) is 0 Å². The van der Waals surface area contributed by atoms with Crippen LogP contribution in [0.2, 0.25) is 0 Å². The number of hydrogen-bond acceptors (Lipinski definition) is 3. The van der Waals surface area contributed by atoms with Crippen LogP contribution in [0, 0.1) is 0 Å². The Bertz CT molecular complexity index is 986. The van der Waals surface area contributed by atoms with Gasteiger partial charge < -0.3 is 4.42 Å². The quantitative estimate of drug-likeness (QED) is 0.353. The molecule has 0 aliphatic heterocycles. The molecule has 0 radical (unpaired) electrons. The van der Waals surface area contributed by atoms with E-state index in [0.29, 0.717) is 0 Å². The summed E-state index contributed by atoms with van der Waals surface area (Å²) in [4.78, 5) is 16.0. The van der Waals surface area contributed by atoms with Gasteiger partial charge in [-0.05, 0) is 41.8 Å². The van der Waals surface area contributed by atoms with Crippen LogP contribution in [0.1, 0.15) is 0 Å². The van der Waals surface area contributed by atoms with Crippen LogP contribution in [0.25, 0.3) is 33.0 Å². The van der Waals surface area contributed by atoms with Gasteiger partial charge in [0, 0.05) is 5.39 Å². The van der Waals surface area contributed by atoms with Crippen molar-refractivity contribution < 1.29 is 4.42 Å². The summed E-state index contributed by atoms with van der Waals surface area (Å²) in [6, 6.07) is 16.4. The van der Waals surface area contributed by atoms with Gasteiger partial charge in [-0.15, -0.1) is 0 Å². The van der Waals surface area contributed by atoms with Crippen molar-refractivity contribution in [1.82, 2.24) is 4.98 Å². The summed E-state index contributed by atoms with van der Waals surface area (Å²) >= 11 is 0. The molecule has 3 aromatic carbocycles. The van der Waals surface area contributed by atoms with E-state index in [0.717, 1.165) is 33.0 Å². The molecule has 3 heteroatoms. The van der Waals surface area contributed by atoms with E-state index in [2.05, 4.69) is 4.98 Å². The lowest BCUT2D eigenvalue weighted by atomic mass is 10.1. The highest BCUT2D eigenvalue weighted by molar-refractivity contribution is 6.04. The van der Waals surface area contributed by atoms with Crippen molar-refractivity contribution >= 4 is 33.0 Å². The van der Waals surface area contributed by atoms with Gasteiger partial charge in [-0.25, -0.2) is 4.98 Å². The topological polar surface area (TPSA) is 43.1 Å². The SMILES string of the molecule is O=c1ccc2c(ccc3nc4ccccc4oc32)c1. The Balaban J connectivity index is 2.25. The van der Waals surface area contributed by atoms with Crippen LogP contribution in [-0.4, -0.2) is 4.98 Å². The first kappa shape index (κ1) is 10.3. The smallest absolute Gasteiger partial charge is 0.179 e. The molecule has 1 aromatic heterocycles. The van der Waals surface area contributed by atoms with Crippen molar-refractivity contribution in [3.63, 3.8) is 0 Å². The zero-order valence-electron chi connectivity index (χ0n) is 9.96. The van der Waals surface area contributed by atoms with E-state index in [1.165, 1.54) is 0 Å². The number of nitrogens with zero attached hydrogens (tertiary/aromatic N) is 1. The minimum absolute atomic E-state index is 0.000554. The van der Waals surface area contributed by atoms with E-state index in [-0.39, 0.29) is 5.43 Å². The summed E-state index contributed by atoms with van der Waals surface area (Å²) < 4.78 is 5.93. The fourth-order valence-electron chi connectivity index (χ4n) is 2.34. The number of para-hydroxylation sites is 2. The molecule has 1 heterocycles. The zero-order valence-corrected chi connectivity index (χ0v) is 9.96. The van der Waals surface area contributed by atoms with Crippen LogP contribution >= 0.6 is 0 Å². The molecule has 4 aromatic rings. The van der Waals surface area contributed by atoms with Crippen molar-refractivity contribution in [3.05, 3.63) is 64.8 Å². The first-order chi connectivity index (χ1) is 9.31. The minimum atomic E-state index is 0.000554. The Hall–Kier alpha value is -2.68. The standard InChI is InChI=1S/C16H9NO2/c18-11-6-7-12-10(9-11)5-8-14-16(12)19-15-4-2-1-3-13(15)17-14/h1-9H. The van der Waals surface area contributed by atoms with Gasteiger partial charge in [0.15, 0.2) is 16.6 Å². The van der Waals surface area contributed by atoms with Crippen LogP contribution in [-0.2, 0) is 0 Å². The van der Waals surface area contributed by atoms with Crippen LogP contribution in [0.3, 0.4) is 0 Å². The molecular formula is C16H9NO2. The van der Waals surface area contributed by atoms with Crippen LogP contribution in [0.4, 0.5) is 0 Å². The molecule has 0 amide bonds. The number of fused-ring (bicyclic) bond motifs is 4. The second-order valence-electron chi connectivity index (χ2n) is 4.48. The maximum Gasteiger partial charge on any atom is 0.179 e. The predicted octanol–water partition coefficient (Wildman–Crippen LogP) is 3.49. The number of rotatable bonds is 0. The maximum atomic E-state index is 11.4. The van der Waals surface area contributed by atoms with Crippen molar-refractivity contribution in [2.45, 2.75) is 0 Å². The van der Waals surface area contributed by atoms with E-state index in [1.807, 2.05) is 36.4 Å². The third-order valence-electron chi connectivity index (χ3n) is 3.24. The minimum Gasteiger partial charge on any atom is -0.452 e. The molecule has 4 rings (SSSR count). The molecule has 0 bridgehead atoms. The predicted molar refractivity (Wildman–Crippen MR) is 75.3 cm³/mol. The molecular weight excluding hydrogens is 238 g/mol. The third kappa shape index (κ3) is 1.52. The molecule has 0 aliphatic carbocycles. The van der Waals surface area contributed by atoms with E-state index >= 15 is 0 Å². The Labute approximate surface area is 108 Å². The third-order valence-corrected chi connectivity index (χ3v) is 3.24. The first-order valence-electron chi connectivity index (χ1n) is 6.04. The van der Waals surface area contributed by atoms with Gasteiger partial charge in [-0.1, -0.05) is 18.2 Å². The maximum absolute atomic E-state index is 11.4. The van der Waals surface area contributed by atoms with Crippen LogP contribution < -0.4 is 5.43 Å². The molecule has 0 atom stereocenters. The van der Waals surface area contributed by atoms with Crippen LogP contribution in [0.15, 0.2) is 63.8 Å². The average molecular weight is 247 g/mol. The molecule has 0 fully saturated rings. The molecule has 3 nitrogen and oxygen atoms in total. The van der Waals surface area contributed by atoms with Crippen molar-refractivity contribution in [2.75, 3.05) is 0 Å². The highest BCUT2D eigenvalue weighted by Crippen LogP contribution is 2.26. The van der Waals surface area contributed by atoms with Gasteiger partial charge >= 0.3 is 0 Å². The molecule has 0 N–H and O–H groups in total. The van der Waals surface area contributed by atoms with Crippen LogP contribution in [0.5, 0.6) is 0 Å². The first-order valence-corrected chi connectivity index (χ1v) is 6.04. The van der Waals surface area contributed by atoms with Gasteiger partial charge in [0.05, 0.1) is 0 Å². The average Bonchev–Trinajstić information content (AvgIpc) is 2.44. The Morgan fingerprint density at radius 2 is 1.79 bits per heavy atom. The fourth-order valence-corrected chi connectivity index (χ4v) is 2.34. The fraction of sp³-hybridized carbons (Fsp3) is 0. The summed E-state index contributed by atoms with van der Waals surface area (Å²) in [5.41, 5.74) is 3.09. The zero-order chi connectivity index (χ0) is 12.8. The summed E-state index contributed by atoms with van der Waals surface area (Å²) in [5, 5.41) is 1.79. The molecule has 0 aliphatic rings. The van der Waals surface area contributed by atoms with Gasteiger partial charge in [-0.2, -0.15) is 0 Å². The molecule has 0 unspecified atom stereocenters. The Morgan fingerprint density at radius 3 is 2.74 bits per heavy atom. The second-order valence-corrected chi connectivity index (χ2v) is 4.48. The largest absolute Gasteiger partial charge is 0.452 e. The number of benzene rings is 3. The Morgan fingerprint density at radius 1 is 0.895 bits per heavy atom. The lowest BCUT2D eigenvalue weighted by Crippen LogP contribution is -1.94. The van der Waals surface area contributed by atoms with Gasteiger partial charge in [0.2, 0.25) is 0 Å². The molecule has 90 valence electrons. The van der Waals surface area contributed by atoms with Gasteiger partial charge in [-0.3, -0.25) is 4.79 Å². The summed E-state index contributed by atoms with van der Waals surface area (Å²) in [5.74, 6) is 0. The Kier molecular flexibility index (Phi) is 1.97. The molecule has 0 saturated carbocycles. The van der Waals surface area contributed by atoms with E-state index < -0.39 is 0 Å². The number of aromatic nitrogens is 1. The second kappa shape index (κ2) is 3.65. The lowest BCUT2D eigenvalue weighted by molar-refractivity contribution is 0.661. The highest BCUT2D eigenvalue weighted by Gasteiger charge is 2.06. The molecule has 0 spiro atoms. The lowest BCUT2D eigenvalue weighted by Gasteiger charge is -2.04. The normalized spacial score (nSPS) is 11.4. The molecule has 19 heavy (non-hydrogen) atoms. The van der Waals surface area contributed by atoms with Crippen molar-refractivity contribution in [1.29, 1.82) is 0 Å². The van der Waals surface area contributed by atoms with Crippen molar-refractivity contribution in [3.8, 4) is 0 Å². The number of hydrogen-bond donors (Lipinski definition) is 0. The monoisotopic (exact) mass is 247 g/mol. The van der Waals surface area contributed by atoms with E-state index in [4.69, 9.17) is 4.42 Å². The summed E-state index contributed by atoms with van der Waals surface area (Å²) in [6.07, 6.45) is 0. The highest BCUT2D eigenvalue weighted by atomic mass is 16.3. The van der Waals surface area contributed by atoms with E-state index in [1.54, 1.807) is 18.2 Å². The van der Waals surface area contributed by atoms with E-state index in [9.17, 15) is 4.79 Å². The van der Waals surface area contributed by atoms with Crippen molar-refractivity contribution in [2.24, 2.45) is 0 Å². The summed E-state index contributed by atoms with van der Waals surface area (Å²) in [7, 11) is 0. The summed E-state index contributed by atoms with van der Waals surface area (Å²) in [6.45, 7) is 0.